The summed E-state index contributed by atoms with van der Waals surface area (Å²) in [6.45, 7) is 2.02. The summed E-state index contributed by atoms with van der Waals surface area (Å²) in [5, 5.41) is 9.30. The van der Waals surface area contributed by atoms with Crippen molar-refractivity contribution in [1.29, 1.82) is 5.26 Å². The molecule has 102 valence electrons. The van der Waals surface area contributed by atoms with Crippen molar-refractivity contribution in [2.75, 3.05) is 0 Å². The number of rotatable bonds is 6. The lowest BCUT2D eigenvalue weighted by Gasteiger charge is -2.17. The maximum absolute atomic E-state index is 9.30. The van der Waals surface area contributed by atoms with Crippen LogP contribution in [0.1, 0.15) is 18.9 Å². The third kappa shape index (κ3) is 4.44. The standard InChI is InChI=1S/C18H19NO/c1-15(20-18-10-6-3-7-11-18)12-17(14-19)13-16-8-4-2-5-9-16/h2-11,15,17H,12-13H2,1H3. The molecule has 0 saturated carbocycles. The molecule has 0 aliphatic rings. The summed E-state index contributed by atoms with van der Waals surface area (Å²) in [4.78, 5) is 0. The zero-order valence-corrected chi connectivity index (χ0v) is 11.7. The fourth-order valence-corrected chi connectivity index (χ4v) is 2.26. The van der Waals surface area contributed by atoms with E-state index in [1.54, 1.807) is 0 Å². The molecular weight excluding hydrogens is 246 g/mol. The molecule has 0 fully saturated rings. The van der Waals surface area contributed by atoms with Gasteiger partial charge in [0.1, 0.15) is 5.75 Å². The summed E-state index contributed by atoms with van der Waals surface area (Å²) < 4.78 is 5.83. The number of nitriles is 1. The molecule has 20 heavy (non-hydrogen) atoms. The van der Waals surface area contributed by atoms with Gasteiger partial charge in [-0.15, -0.1) is 0 Å². The minimum Gasteiger partial charge on any atom is -0.491 e. The Morgan fingerprint density at radius 1 is 1.00 bits per heavy atom. The van der Waals surface area contributed by atoms with E-state index < -0.39 is 0 Å². The second kappa shape index (κ2) is 7.35. The van der Waals surface area contributed by atoms with Crippen LogP contribution >= 0.6 is 0 Å². The van der Waals surface area contributed by atoms with Crippen LogP contribution in [-0.4, -0.2) is 6.10 Å². The molecule has 2 heteroatoms. The van der Waals surface area contributed by atoms with E-state index in [-0.39, 0.29) is 12.0 Å². The number of benzene rings is 2. The van der Waals surface area contributed by atoms with E-state index >= 15 is 0 Å². The van der Waals surface area contributed by atoms with Crippen molar-refractivity contribution in [3.8, 4) is 11.8 Å². The number of ether oxygens (including phenoxy) is 1. The van der Waals surface area contributed by atoms with Crippen LogP contribution in [0.15, 0.2) is 60.7 Å². The Bertz CT molecular complexity index is 545. The fraction of sp³-hybridized carbons (Fsp3) is 0.278. The molecule has 0 amide bonds. The summed E-state index contributed by atoms with van der Waals surface area (Å²) in [5.41, 5.74) is 1.20. The van der Waals surface area contributed by atoms with Gasteiger partial charge in [0, 0.05) is 6.42 Å². The molecule has 2 aromatic carbocycles. The Kier molecular flexibility index (Phi) is 5.20. The van der Waals surface area contributed by atoms with Crippen molar-refractivity contribution in [3.05, 3.63) is 66.2 Å². The number of hydrogen-bond donors (Lipinski definition) is 0. The van der Waals surface area contributed by atoms with Crippen LogP contribution in [-0.2, 0) is 6.42 Å². The van der Waals surface area contributed by atoms with Crippen LogP contribution in [0, 0.1) is 17.2 Å². The molecule has 0 aromatic heterocycles. The molecule has 0 radical (unpaired) electrons. The zero-order chi connectivity index (χ0) is 14.2. The predicted molar refractivity (Wildman–Crippen MR) is 80.4 cm³/mol. The lowest BCUT2D eigenvalue weighted by Crippen LogP contribution is -2.17. The Hall–Kier alpha value is -2.27. The van der Waals surface area contributed by atoms with Crippen LogP contribution in [0.25, 0.3) is 0 Å². The second-order valence-corrected chi connectivity index (χ2v) is 4.99. The van der Waals surface area contributed by atoms with E-state index in [9.17, 15) is 5.26 Å². The van der Waals surface area contributed by atoms with E-state index in [0.717, 1.165) is 18.6 Å². The Labute approximate surface area is 120 Å². The van der Waals surface area contributed by atoms with Crippen molar-refractivity contribution in [2.45, 2.75) is 25.9 Å². The average molecular weight is 265 g/mol. The first-order valence-corrected chi connectivity index (χ1v) is 6.93. The summed E-state index contributed by atoms with van der Waals surface area (Å²) in [6, 6.07) is 22.3. The molecule has 0 spiro atoms. The van der Waals surface area contributed by atoms with Gasteiger partial charge >= 0.3 is 0 Å². The third-order valence-electron chi connectivity index (χ3n) is 3.20. The van der Waals surface area contributed by atoms with Gasteiger partial charge in [0.15, 0.2) is 0 Å². The molecule has 0 aliphatic carbocycles. The number of hydrogen-bond acceptors (Lipinski definition) is 2. The van der Waals surface area contributed by atoms with Crippen LogP contribution < -0.4 is 4.74 Å². The maximum Gasteiger partial charge on any atom is 0.119 e. The monoisotopic (exact) mass is 265 g/mol. The molecule has 0 aliphatic heterocycles. The van der Waals surface area contributed by atoms with Gasteiger partial charge in [-0.1, -0.05) is 48.5 Å². The van der Waals surface area contributed by atoms with E-state index in [0.29, 0.717) is 0 Å². The molecule has 2 nitrogen and oxygen atoms in total. The second-order valence-electron chi connectivity index (χ2n) is 4.99. The quantitative estimate of drug-likeness (QED) is 0.783. The Balaban J connectivity index is 1.88. The van der Waals surface area contributed by atoms with Crippen molar-refractivity contribution < 1.29 is 4.74 Å². The van der Waals surface area contributed by atoms with Gasteiger partial charge in [0.2, 0.25) is 0 Å². The summed E-state index contributed by atoms with van der Waals surface area (Å²) >= 11 is 0. The summed E-state index contributed by atoms with van der Waals surface area (Å²) in [5.74, 6) is 0.840. The molecule has 2 rings (SSSR count). The Morgan fingerprint density at radius 2 is 1.60 bits per heavy atom. The van der Waals surface area contributed by atoms with E-state index in [1.807, 2.05) is 55.5 Å². The van der Waals surface area contributed by atoms with Gasteiger partial charge in [-0.05, 0) is 31.0 Å². The van der Waals surface area contributed by atoms with Gasteiger partial charge in [-0.3, -0.25) is 0 Å². The molecule has 0 N–H and O–H groups in total. The van der Waals surface area contributed by atoms with Crippen LogP contribution in [0.2, 0.25) is 0 Å². The highest BCUT2D eigenvalue weighted by Crippen LogP contribution is 2.18. The van der Waals surface area contributed by atoms with E-state index in [1.165, 1.54) is 5.56 Å². The van der Waals surface area contributed by atoms with Crippen molar-refractivity contribution in [2.24, 2.45) is 5.92 Å². The first kappa shape index (κ1) is 14.1. The Morgan fingerprint density at radius 3 is 2.20 bits per heavy atom. The molecule has 2 aromatic rings. The zero-order valence-electron chi connectivity index (χ0n) is 11.7. The van der Waals surface area contributed by atoms with Crippen LogP contribution in [0.5, 0.6) is 5.75 Å². The minimum atomic E-state index is -0.0175. The van der Waals surface area contributed by atoms with Crippen LogP contribution in [0.4, 0.5) is 0 Å². The highest BCUT2D eigenvalue weighted by atomic mass is 16.5. The smallest absolute Gasteiger partial charge is 0.119 e. The highest BCUT2D eigenvalue weighted by molar-refractivity contribution is 5.21. The van der Waals surface area contributed by atoms with Gasteiger partial charge in [0.05, 0.1) is 18.1 Å². The SMILES string of the molecule is CC(CC(C#N)Cc1ccccc1)Oc1ccccc1. The topological polar surface area (TPSA) is 33.0 Å². The minimum absolute atomic E-state index is 0.0175. The lowest BCUT2D eigenvalue weighted by atomic mass is 9.95. The molecule has 2 unspecified atom stereocenters. The highest BCUT2D eigenvalue weighted by Gasteiger charge is 2.14. The number of para-hydroxylation sites is 1. The first-order chi connectivity index (χ1) is 9.78. The molecular formula is C18H19NO. The predicted octanol–water partition coefficient (Wildman–Crippen LogP) is 4.23. The normalized spacial score (nSPS) is 13.2. The first-order valence-electron chi connectivity index (χ1n) is 6.93. The van der Waals surface area contributed by atoms with Gasteiger partial charge in [-0.25, -0.2) is 0 Å². The third-order valence-corrected chi connectivity index (χ3v) is 3.20. The molecule has 2 atom stereocenters. The summed E-state index contributed by atoms with van der Waals surface area (Å²) in [6.07, 6.45) is 1.55. The van der Waals surface area contributed by atoms with Crippen molar-refractivity contribution in [1.82, 2.24) is 0 Å². The fourth-order valence-electron chi connectivity index (χ4n) is 2.26. The average Bonchev–Trinajstić information content (AvgIpc) is 2.48. The van der Waals surface area contributed by atoms with Gasteiger partial charge < -0.3 is 4.74 Å². The van der Waals surface area contributed by atoms with Gasteiger partial charge in [0.25, 0.3) is 0 Å². The maximum atomic E-state index is 9.30. The largest absolute Gasteiger partial charge is 0.491 e. The number of nitrogens with zero attached hydrogens (tertiary/aromatic N) is 1. The van der Waals surface area contributed by atoms with Gasteiger partial charge in [-0.2, -0.15) is 5.26 Å². The molecule has 0 saturated heterocycles. The van der Waals surface area contributed by atoms with E-state index in [2.05, 4.69) is 18.2 Å². The van der Waals surface area contributed by atoms with Crippen molar-refractivity contribution >= 4 is 0 Å². The summed E-state index contributed by atoms with van der Waals surface area (Å²) in [7, 11) is 0. The molecule has 0 bridgehead atoms. The van der Waals surface area contributed by atoms with E-state index in [4.69, 9.17) is 4.74 Å². The lowest BCUT2D eigenvalue weighted by molar-refractivity contribution is 0.196. The molecule has 0 heterocycles. The van der Waals surface area contributed by atoms with Crippen molar-refractivity contribution in [3.63, 3.8) is 0 Å². The van der Waals surface area contributed by atoms with Crippen LogP contribution in [0.3, 0.4) is 0 Å².